The molecule has 1 aliphatic rings. The second-order valence-electron chi connectivity index (χ2n) is 2.93. The van der Waals surface area contributed by atoms with Crippen molar-refractivity contribution in [3.8, 4) is 0 Å². The van der Waals surface area contributed by atoms with Crippen LogP contribution in [0.4, 0.5) is 5.95 Å². The van der Waals surface area contributed by atoms with Gasteiger partial charge >= 0.3 is 0 Å². The van der Waals surface area contributed by atoms with Crippen LogP contribution in [0.1, 0.15) is 6.42 Å². The quantitative estimate of drug-likeness (QED) is 0.855. The summed E-state index contributed by atoms with van der Waals surface area (Å²) in [7, 11) is 0. The number of nitrogens with zero attached hydrogens (tertiary/aromatic N) is 2. The number of hydrogen-bond donors (Lipinski definition) is 1. The predicted molar refractivity (Wildman–Crippen MR) is 52.6 cm³/mol. The van der Waals surface area contributed by atoms with Gasteiger partial charge in [0.25, 0.3) is 0 Å². The molecular formula is C8H10BrN3O. The summed E-state index contributed by atoms with van der Waals surface area (Å²) in [4.78, 5) is 8.23. The third-order valence-corrected chi connectivity index (χ3v) is 2.29. The predicted octanol–water partition coefficient (Wildman–Crippen LogP) is 1.44. The summed E-state index contributed by atoms with van der Waals surface area (Å²) in [5.74, 6) is 0.665. The molecule has 1 fully saturated rings. The van der Waals surface area contributed by atoms with Crippen LogP contribution in [0.2, 0.25) is 0 Å². The van der Waals surface area contributed by atoms with Crippen LogP contribution in [0.15, 0.2) is 16.9 Å². The first-order valence-electron chi connectivity index (χ1n) is 4.16. The van der Waals surface area contributed by atoms with Crippen molar-refractivity contribution < 1.29 is 4.74 Å². The first-order valence-corrected chi connectivity index (χ1v) is 4.96. The van der Waals surface area contributed by atoms with Gasteiger partial charge in [-0.15, -0.1) is 0 Å². The molecule has 0 aromatic carbocycles. The number of hydrogen-bond acceptors (Lipinski definition) is 4. The lowest BCUT2D eigenvalue weighted by Crippen LogP contribution is -2.20. The Labute approximate surface area is 84.9 Å². The third kappa shape index (κ3) is 2.38. The number of halogens is 1. The minimum atomic E-state index is 0.362. The fraction of sp³-hybridized carbons (Fsp3) is 0.500. The standard InChI is InChI=1S/C8H10BrN3O/c9-6-3-10-8(11-4-6)12-7-1-2-13-5-7/h3-4,7H,1-2,5H2,(H,10,11,12)/t7-/m0/s1. The molecule has 0 saturated carbocycles. The molecule has 0 aliphatic carbocycles. The summed E-state index contributed by atoms with van der Waals surface area (Å²) in [6.07, 6.45) is 4.48. The highest BCUT2D eigenvalue weighted by Crippen LogP contribution is 2.11. The summed E-state index contributed by atoms with van der Waals surface area (Å²) in [6.45, 7) is 1.58. The number of ether oxygens (including phenoxy) is 1. The largest absolute Gasteiger partial charge is 0.379 e. The zero-order valence-electron chi connectivity index (χ0n) is 7.03. The van der Waals surface area contributed by atoms with Gasteiger partial charge in [0.1, 0.15) is 0 Å². The van der Waals surface area contributed by atoms with Crippen LogP contribution in [0, 0.1) is 0 Å². The molecule has 2 rings (SSSR count). The van der Waals surface area contributed by atoms with Crippen LogP contribution in [-0.4, -0.2) is 29.2 Å². The van der Waals surface area contributed by atoms with E-state index >= 15 is 0 Å². The van der Waals surface area contributed by atoms with E-state index in [1.165, 1.54) is 0 Å². The van der Waals surface area contributed by atoms with E-state index < -0.39 is 0 Å². The lowest BCUT2D eigenvalue weighted by atomic mass is 10.3. The molecule has 1 saturated heterocycles. The molecule has 0 radical (unpaired) electrons. The molecule has 1 aromatic heterocycles. The van der Waals surface area contributed by atoms with Gasteiger partial charge in [-0.05, 0) is 22.4 Å². The molecule has 1 aliphatic heterocycles. The molecular weight excluding hydrogens is 234 g/mol. The molecule has 4 nitrogen and oxygen atoms in total. The van der Waals surface area contributed by atoms with Crippen molar-refractivity contribution in [3.63, 3.8) is 0 Å². The summed E-state index contributed by atoms with van der Waals surface area (Å²) in [6, 6.07) is 0.362. The highest BCUT2D eigenvalue weighted by atomic mass is 79.9. The highest BCUT2D eigenvalue weighted by molar-refractivity contribution is 9.10. The summed E-state index contributed by atoms with van der Waals surface area (Å²) in [5, 5.41) is 3.20. The van der Waals surface area contributed by atoms with Crippen LogP contribution < -0.4 is 5.32 Å². The lowest BCUT2D eigenvalue weighted by Gasteiger charge is -2.09. The first kappa shape index (κ1) is 8.90. The summed E-state index contributed by atoms with van der Waals surface area (Å²) in [5.41, 5.74) is 0. The van der Waals surface area contributed by atoms with Crippen molar-refractivity contribution >= 4 is 21.9 Å². The van der Waals surface area contributed by atoms with E-state index in [2.05, 4.69) is 31.2 Å². The average molecular weight is 244 g/mol. The van der Waals surface area contributed by atoms with Crippen LogP contribution >= 0.6 is 15.9 Å². The molecule has 70 valence electrons. The summed E-state index contributed by atoms with van der Waals surface area (Å²) >= 11 is 3.28. The van der Waals surface area contributed by atoms with Crippen molar-refractivity contribution in [2.75, 3.05) is 18.5 Å². The smallest absolute Gasteiger partial charge is 0.222 e. The number of anilines is 1. The fourth-order valence-electron chi connectivity index (χ4n) is 1.22. The Morgan fingerprint density at radius 2 is 2.23 bits per heavy atom. The first-order chi connectivity index (χ1) is 6.34. The van der Waals surface area contributed by atoms with Crippen molar-refractivity contribution in [2.45, 2.75) is 12.5 Å². The van der Waals surface area contributed by atoms with Gasteiger partial charge in [0, 0.05) is 19.0 Å². The van der Waals surface area contributed by atoms with E-state index in [1.54, 1.807) is 12.4 Å². The Bertz CT molecular complexity index is 271. The van der Waals surface area contributed by atoms with E-state index in [4.69, 9.17) is 4.74 Å². The van der Waals surface area contributed by atoms with Crippen LogP contribution in [0.25, 0.3) is 0 Å². The molecule has 0 bridgehead atoms. The van der Waals surface area contributed by atoms with Crippen LogP contribution in [0.5, 0.6) is 0 Å². The van der Waals surface area contributed by atoms with Gasteiger partial charge < -0.3 is 10.1 Å². The molecule has 1 aromatic rings. The Hall–Kier alpha value is -0.680. The van der Waals surface area contributed by atoms with Gasteiger partial charge in [0.2, 0.25) is 5.95 Å². The van der Waals surface area contributed by atoms with Gasteiger partial charge in [-0.3, -0.25) is 0 Å². The zero-order chi connectivity index (χ0) is 9.10. The maximum Gasteiger partial charge on any atom is 0.222 e. The van der Waals surface area contributed by atoms with E-state index in [9.17, 15) is 0 Å². The normalized spacial score (nSPS) is 21.8. The van der Waals surface area contributed by atoms with E-state index in [0.717, 1.165) is 24.1 Å². The third-order valence-electron chi connectivity index (χ3n) is 1.88. The second-order valence-corrected chi connectivity index (χ2v) is 3.85. The Morgan fingerprint density at radius 3 is 2.85 bits per heavy atom. The van der Waals surface area contributed by atoms with Crippen LogP contribution in [-0.2, 0) is 4.74 Å². The molecule has 2 heterocycles. The van der Waals surface area contributed by atoms with E-state index in [-0.39, 0.29) is 0 Å². The second kappa shape index (κ2) is 4.02. The molecule has 1 atom stereocenters. The van der Waals surface area contributed by atoms with Gasteiger partial charge in [-0.1, -0.05) is 0 Å². The number of aromatic nitrogens is 2. The Kier molecular flexibility index (Phi) is 2.75. The van der Waals surface area contributed by atoms with Gasteiger partial charge in [0.05, 0.1) is 17.1 Å². The number of rotatable bonds is 2. The van der Waals surface area contributed by atoms with Crippen molar-refractivity contribution in [2.24, 2.45) is 0 Å². The van der Waals surface area contributed by atoms with Gasteiger partial charge in [-0.2, -0.15) is 0 Å². The summed E-state index contributed by atoms with van der Waals surface area (Å²) < 4.78 is 6.12. The maximum atomic E-state index is 5.23. The molecule has 0 spiro atoms. The van der Waals surface area contributed by atoms with Crippen LogP contribution in [0.3, 0.4) is 0 Å². The fourth-order valence-corrected chi connectivity index (χ4v) is 1.42. The molecule has 0 amide bonds. The van der Waals surface area contributed by atoms with Crippen molar-refractivity contribution in [1.82, 2.24) is 9.97 Å². The number of nitrogens with one attached hydrogen (secondary N) is 1. The Balaban J connectivity index is 1.97. The van der Waals surface area contributed by atoms with Crippen molar-refractivity contribution in [1.29, 1.82) is 0 Å². The SMILES string of the molecule is Brc1cnc(N[C@H]2CCOC2)nc1. The Morgan fingerprint density at radius 1 is 1.46 bits per heavy atom. The lowest BCUT2D eigenvalue weighted by molar-refractivity contribution is 0.195. The average Bonchev–Trinajstić information content (AvgIpc) is 2.62. The highest BCUT2D eigenvalue weighted by Gasteiger charge is 2.15. The van der Waals surface area contributed by atoms with Gasteiger partial charge in [0.15, 0.2) is 0 Å². The molecule has 1 N–H and O–H groups in total. The zero-order valence-corrected chi connectivity index (χ0v) is 8.62. The van der Waals surface area contributed by atoms with E-state index in [0.29, 0.717) is 12.0 Å². The van der Waals surface area contributed by atoms with Gasteiger partial charge in [-0.25, -0.2) is 9.97 Å². The van der Waals surface area contributed by atoms with Crippen molar-refractivity contribution in [3.05, 3.63) is 16.9 Å². The monoisotopic (exact) mass is 243 g/mol. The molecule has 0 unspecified atom stereocenters. The molecule has 13 heavy (non-hydrogen) atoms. The molecule has 5 heteroatoms. The topological polar surface area (TPSA) is 47.0 Å². The maximum absolute atomic E-state index is 5.23. The minimum absolute atomic E-state index is 0.362. The van der Waals surface area contributed by atoms with E-state index in [1.807, 2.05) is 0 Å². The minimum Gasteiger partial charge on any atom is -0.379 e.